The molecule has 0 spiro atoms. The predicted octanol–water partition coefficient (Wildman–Crippen LogP) is 1.84. The fourth-order valence-electron chi connectivity index (χ4n) is 4.06. The minimum atomic E-state index is -0.489. The van der Waals surface area contributed by atoms with Crippen LogP contribution < -0.4 is 5.32 Å². The summed E-state index contributed by atoms with van der Waals surface area (Å²) < 4.78 is 12.2. The molecule has 1 N–H and O–H groups in total. The third-order valence-corrected chi connectivity index (χ3v) is 5.42. The van der Waals surface area contributed by atoms with E-state index in [0.717, 1.165) is 58.4 Å². The van der Waals surface area contributed by atoms with Crippen molar-refractivity contribution >= 4 is 5.91 Å². The molecule has 3 rings (SSSR count). The maximum absolute atomic E-state index is 12.2. The number of nitrogens with zero attached hydrogens (tertiary/aromatic N) is 3. The largest absolute Gasteiger partial charge is 0.353 e. The van der Waals surface area contributed by atoms with Crippen LogP contribution in [0.25, 0.3) is 0 Å². The molecule has 2 saturated heterocycles. The Bertz CT molecular complexity index is 533. The van der Waals surface area contributed by atoms with Gasteiger partial charge >= 0.3 is 0 Å². The molecule has 0 unspecified atom stereocenters. The summed E-state index contributed by atoms with van der Waals surface area (Å²) in [4.78, 5) is 21.3. The number of nitrogens with one attached hydrogen (secondary N) is 1. The molecule has 0 aliphatic carbocycles. The van der Waals surface area contributed by atoms with Gasteiger partial charge in [0.2, 0.25) is 5.91 Å². The van der Waals surface area contributed by atoms with E-state index in [0.29, 0.717) is 6.04 Å². The van der Waals surface area contributed by atoms with Crippen LogP contribution in [-0.2, 0) is 11.3 Å². The second-order valence-corrected chi connectivity index (χ2v) is 7.18. The lowest BCUT2D eigenvalue weighted by molar-refractivity contribution is -0.127. The minimum Gasteiger partial charge on any atom is -0.353 e. The van der Waals surface area contributed by atoms with E-state index in [2.05, 4.69) is 26.2 Å². The summed E-state index contributed by atoms with van der Waals surface area (Å²) in [6.45, 7) is 4.71. The van der Waals surface area contributed by atoms with Crippen molar-refractivity contribution in [2.24, 2.45) is 5.92 Å². The summed E-state index contributed by atoms with van der Waals surface area (Å²) in [5.41, 5.74) is 1.27. The molecule has 1 aromatic heterocycles. The van der Waals surface area contributed by atoms with Gasteiger partial charge in [-0.1, -0.05) is 6.07 Å². The summed E-state index contributed by atoms with van der Waals surface area (Å²) in [7, 11) is 0. The normalized spacial score (nSPS) is 23.5. The Hall–Kier alpha value is -1.53. The van der Waals surface area contributed by atoms with Crippen molar-refractivity contribution in [1.29, 1.82) is 0 Å². The number of hydrogen-bond acceptors (Lipinski definition) is 4. The highest BCUT2D eigenvalue weighted by Gasteiger charge is 2.31. The topological polar surface area (TPSA) is 48.5 Å². The molecule has 0 bridgehead atoms. The molecule has 1 amide bonds. The van der Waals surface area contributed by atoms with E-state index in [1.165, 1.54) is 5.56 Å². The molecule has 2 aliphatic rings. The first-order valence-electron chi connectivity index (χ1n) is 9.45. The number of amides is 1. The Kier molecular flexibility index (Phi) is 6.76. The number of aromatic nitrogens is 1. The summed E-state index contributed by atoms with van der Waals surface area (Å²) in [6.07, 6.45) is 8.04. The summed E-state index contributed by atoms with van der Waals surface area (Å²) in [6, 6.07) is 4.69. The van der Waals surface area contributed by atoms with Crippen LogP contribution in [0.15, 0.2) is 24.5 Å². The van der Waals surface area contributed by atoms with Gasteiger partial charge in [-0.15, -0.1) is 0 Å². The summed E-state index contributed by atoms with van der Waals surface area (Å²) in [5, 5.41) is 2.71. The van der Waals surface area contributed by atoms with E-state index < -0.39 is 6.67 Å². The van der Waals surface area contributed by atoms with Gasteiger partial charge in [-0.05, 0) is 56.9 Å². The molecule has 5 nitrogen and oxygen atoms in total. The Labute approximate surface area is 149 Å². The Balaban J connectivity index is 1.45. The highest BCUT2D eigenvalue weighted by molar-refractivity contribution is 5.78. The zero-order valence-corrected chi connectivity index (χ0v) is 14.9. The van der Waals surface area contributed by atoms with Gasteiger partial charge in [0, 0.05) is 38.1 Å². The highest BCUT2D eigenvalue weighted by atomic mass is 19.1. The number of hydrogen-bond donors (Lipinski definition) is 1. The van der Waals surface area contributed by atoms with Crippen LogP contribution in [-0.4, -0.2) is 66.1 Å². The molecule has 1 atom stereocenters. The van der Waals surface area contributed by atoms with Crippen LogP contribution in [0.4, 0.5) is 4.39 Å². The van der Waals surface area contributed by atoms with Crippen molar-refractivity contribution in [3.05, 3.63) is 30.1 Å². The SMILES string of the molecule is O=C(NCCF)[C@H]1CCCN(C2CCN(Cc3cccnc3)CC2)C1. The van der Waals surface area contributed by atoms with E-state index in [4.69, 9.17) is 0 Å². The molecular formula is C19H29FN4O. The van der Waals surface area contributed by atoms with E-state index in [-0.39, 0.29) is 18.4 Å². The second kappa shape index (κ2) is 9.25. The molecule has 2 aliphatic heterocycles. The number of carbonyl (C=O) groups is 1. The van der Waals surface area contributed by atoms with E-state index in [1.807, 2.05) is 18.5 Å². The van der Waals surface area contributed by atoms with Crippen molar-refractivity contribution in [3.8, 4) is 0 Å². The lowest BCUT2D eigenvalue weighted by Crippen LogP contribution is -2.50. The maximum Gasteiger partial charge on any atom is 0.224 e. The number of alkyl halides is 1. The molecule has 2 fully saturated rings. The fourth-order valence-corrected chi connectivity index (χ4v) is 4.06. The first-order chi connectivity index (χ1) is 12.3. The van der Waals surface area contributed by atoms with Crippen LogP contribution in [0.2, 0.25) is 0 Å². The molecule has 0 saturated carbocycles. The zero-order chi connectivity index (χ0) is 17.5. The van der Waals surface area contributed by atoms with Crippen LogP contribution in [0, 0.1) is 5.92 Å². The van der Waals surface area contributed by atoms with Gasteiger partial charge in [-0.2, -0.15) is 0 Å². The number of halogens is 1. The number of pyridine rings is 1. The Morgan fingerprint density at radius 1 is 1.28 bits per heavy atom. The standard InChI is InChI=1S/C19H29FN4O/c20-7-9-22-19(25)17-4-2-10-24(15-17)18-5-11-23(12-6-18)14-16-3-1-8-21-13-16/h1,3,8,13,17-18H,2,4-7,9-12,14-15H2,(H,22,25)/t17-/m0/s1. The summed E-state index contributed by atoms with van der Waals surface area (Å²) >= 11 is 0. The third-order valence-electron chi connectivity index (χ3n) is 5.42. The lowest BCUT2D eigenvalue weighted by atomic mass is 9.93. The number of likely N-dealkylation sites (tertiary alicyclic amines) is 2. The average Bonchev–Trinajstić information content (AvgIpc) is 2.67. The van der Waals surface area contributed by atoms with Crippen molar-refractivity contribution in [2.75, 3.05) is 39.4 Å². The average molecular weight is 348 g/mol. The predicted molar refractivity (Wildman–Crippen MR) is 95.8 cm³/mol. The van der Waals surface area contributed by atoms with Crippen LogP contribution in [0.1, 0.15) is 31.2 Å². The number of carbonyl (C=O) groups excluding carboxylic acids is 1. The molecular weight excluding hydrogens is 319 g/mol. The van der Waals surface area contributed by atoms with Crippen molar-refractivity contribution in [1.82, 2.24) is 20.1 Å². The van der Waals surface area contributed by atoms with Gasteiger partial charge in [0.15, 0.2) is 0 Å². The lowest BCUT2D eigenvalue weighted by Gasteiger charge is -2.42. The molecule has 0 radical (unpaired) electrons. The fraction of sp³-hybridized carbons (Fsp3) is 0.684. The van der Waals surface area contributed by atoms with Gasteiger partial charge in [-0.3, -0.25) is 19.6 Å². The van der Waals surface area contributed by atoms with Crippen molar-refractivity contribution in [3.63, 3.8) is 0 Å². The first kappa shape index (κ1) is 18.3. The summed E-state index contributed by atoms with van der Waals surface area (Å²) in [5.74, 6) is 0.0464. The van der Waals surface area contributed by atoms with Gasteiger partial charge in [-0.25, -0.2) is 4.39 Å². The van der Waals surface area contributed by atoms with Gasteiger partial charge in [0.1, 0.15) is 6.67 Å². The zero-order valence-electron chi connectivity index (χ0n) is 14.9. The van der Waals surface area contributed by atoms with Crippen molar-refractivity contribution in [2.45, 2.75) is 38.3 Å². The minimum absolute atomic E-state index is 0.0220. The first-order valence-corrected chi connectivity index (χ1v) is 9.45. The number of rotatable bonds is 6. The Morgan fingerprint density at radius 3 is 2.84 bits per heavy atom. The van der Waals surface area contributed by atoms with Crippen LogP contribution in [0.5, 0.6) is 0 Å². The molecule has 6 heteroatoms. The van der Waals surface area contributed by atoms with E-state index in [1.54, 1.807) is 0 Å². The van der Waals surface area contributed by atoms with Crippen LogP contribution >= 0.6 is 0 Å². The smallest absolute Gasteiger partial charge is 0.224 e. The molecule has 138 valence electrons. The second-order valence-electron chi connectivity index (χ2n) is 7.18. The van der Waals surface area contributed by atoms with E-state index in [9.17, 15) is 9.18 Å². The van der Waals surface area contributed by atoms with Crippen molar-refractivity contribution < 1.29 is 9.18 Å². The molecule has 25 heavy (non-hydrogen) atoms. The monoisotopic (exact) mass is 348 g/mol. The quantitative estimate of drug-likeness (QED) is 0.852. The highest BCUT2D eigenvalue weighted by Crippen LogP contribution is 2.24. The maximum atomic E-state index is 12.2. The Morgan fingerprint density at radius 2 is 2.12 bits per heavy atom. The van der Waals surface area contributed by atoms with Gasteiger partial charge < -0.3 is 5.32 Å². The van der Waals surface area contributed by atoms with E-state index >= 15 is 0 Å². The van der Waals surface area contributed by atoms with Gasteiger partial charge in [0.25, 0.3) is 0 Å². The van der Waals surface area contributed by atoms with Gasteiger partial charge in [0.05, 0.1) is 5.92 Å². The molecule has 3 heterocycles. The molecule has 1 aromatic rings. The third kappa shape index (κ3) is 5.22. The number of piperidine rings is 2. The molecule has 0 aromatic carbocycles. The van der Waals surface area contributed by atoms with Crippen LogP contribution in [0.3, 0.4) is 0 Å².